The third kappa shape index (κ3) is 2.88. The molecule has 0 aliphatic carbocycles. The average Bonchev–Trinajstić information content (AvgIpc) is 2.47. The summed E-state index contributed by atoms with van der Waals surface area (Å²) in [6.07, 6.45) is 1.06. The highest BCUT2D eigenvalue weighted by molar-refractivity contribution is 8.13. The quantitative estimate of drug-likeness (QED) is 0.851. The lowest BCUT2D eigenvalue weighted by Crippen LogP contribution is -2.10. The predicted molar refractivity (Wildman–Crippen MR) is 88.4 cm³/mol. The summed E-state index contributed by atoms with van der Waals surface area (Å²) >= 11 is 1.82. The molecule has 0 spiro atoms. The molecule has 1 aliphatic rings. The fourth-order valence-corrected chi connectivity index (χ4v) is 3.38. The Bertz CT molecular complexity index is 645. The lowest BCUT2D eigenvalue weighted by molar-refractivity contribution is 0.948. The van der Waals surface area contributed by atoms with Gasteiger partial charge in [-0.25, -0.2) is 0 Å². The Balaban J connectivity index is 1.77. The van der Waals surface area contributed by atoms with Crippen LogP contribution in [-0.4, -0.2) is 11.6 Å². The number of anilines is 1. The molecule has 2 nitrogen and oxygen atoms in total. The lowest BCUT2D eigenvalue weighted by Gasteiger charge is -2.17. The molecule has 0 unspecified atom stereocenters. The van der Waals surface area contributed by atoms with E-state index >= 15 is 0 Å². The fraction of sp³-hybridized carbons (Fsp3) is 0.235. The van der Waals surface area contributed by atoms with Crippen LogP contribution in [0.1, 0.15) is 22.3 Å². The van der Waals surface area contributed by atoms with Gasteiger partial charge in [-0.2, -0.15) is 0 Å². The Kier molecular flexibility index (Phi) is 3.79. The average molecular weight is 282 g/mol. The second-order valence-corrected chi connectivity index (χ2v) is 6.09. The van der Waals surface area contributed by atoms with Gasteiger partial charge < -0.3 is 5.73 Å². The Morgan fingerprint density at radius 1 is 1.15 bits per heavy atom. The molecule has 20 heavy (non-hydrogen) atoms. The van der Waals surface area contributed by atoms with Gasteiger partial charge in [-0.15, -0.1) is 11.8 Å². The van der Waals surface area contributed by atoms with Crippen molar-refractivity contribution in [2.45, 2.75) is 19.1 Å². The van der Waals surface area contributed by atoms with Gasteiger partial charge in [0, 0.05) is 23.5 Å². The molecule has 3 heteroatoms. The molecule has 1 aliphatic heterocycles. The topological polar surface area (TPSA) is 38.4 Å². The van der Waals surface area contributed by atoms with Crippen molar-refractivity contribution in [1.29, 1.82) is 0 Å². The molecule has 102 valence electrons. The number of benzene rings is 2. The zero-order chi connectivity index (χ0) is 13.9. The number of nitrogens with two attached hydrogens (primary N) is 1. The highest BCUT2D eigenvalue weighted by atomic mass is 32.2. The van der Waals surface area contributed by atoms with Crippen molar-refractivity contribution in [3.05, 3.63) is 64.7 Å². The van der Waals surface area contributed by atoms with E-state index in [1.165, 1.54) is 27.3 Å². The van der Waals surface area contributed by atoms with Crippen LogP contribution < -0.4 is 5.73 Å². The smallest absolute Gasteiger partial charge is 0.0983 e. The van der Waals surface area contributed by atoms with Crippen LogP contribution in [0, 0.1) is 6.92 Å². The Morgan fingerprint density at radius 3 is 2.75 bits per heavy atom. The fourth-order valence-electron chi connectivity index (χ4n) is 2.36. The van der Waals surface area contributed by atoms with Gasteiger partial charge in [0.15, 0.2) is 0 Å². The van der Waals surface area contributed by atoms with E-state index in [0.29, 0.717) is 0 Å². The van der Waals surface area contributed by atoms with Crippen LogP contribution in [0.3, 0.4) is 0 Å². The number of fused-ring (bicyclic) bond motifs is 1. The Morgan fingerprint density at radius 2 is 1.95 bits per heavy atom. The summed E-state index contributed by atoms with van der Waals surface area (Å²) in [7, 11) is 0. The van der Waals surface area contributed by atoms with Gasteiger partial charge in [-0.1, -0.05) is 29.8 Å². The monoisotopic (exact) mass is 282 g/mol. The molecule has 0 saturated heterocycles. The molecule has 1 heterocycles. The molecule has 2 N–H and O–H groups in total. The Labute approximate surface area is 124 Å². The maximum absolute atomic E-state index is 5.71. The molecule has 2 aromatic carbocycles. The van der Waals surface area contributed by atoms with Crippen molar-refractivity contribution in [2.24, 2.45) is 4.99 Å². The Hall–Kier alpha value is -1.74. The van der Waals surface area contributed by atoms with E-state index in [9.17, 15) is 0 Å². The van der Waals surface area contributed by atoms with Crippen molar-refractivity contribution in [1.82, 2.24) is 0 Å². The molecule has 0 atom stereocenters. The number of rotatable bonds is 2. The van der Waals surface area contributed by atoms with Crippen LogP contribution in [0.4, 0.5) is 5.69 Å². The SMILES string of the molecule is Cc1ccc2c(c1)C(SCc1ccc(N)cc1)=NCC2. The molecule has 0 bridgehead atoms. The first kappa shape index (κ1) is 13.3. The third-order valence-corrected chi connectivity index (χ3v) is 4.59. The van der Waals surface area contributed by atoms with Crippen molar-refractivity contribution < 1.29 is 0 Å². The molecular formula is C17H18N2S. The number of nitrogen functional groups attached to an aromatic ring is 1. The summed E-state index contributed by atoms with van der Waals surface area (Å²) in [6, 6.07) is 14.8. The molecule has 3 rings (SSSR count). The number of nitrogens with zero attached hydrogens (tertiary/aromatic N) is 1. The van der Waals surface area contributed by atoms with E-state index in [4.69, 9.17) is 10.7 Å². The summed E-state index contributed by atoms with van der Waals surface area (Å²) in [6.45, 7) is 3.04. The van der Waals surface area contributed by atoms with E-state index in [0.717, 1.165) is 24.4 Å². The molecule has 0 saturated carbocycles. The minimum absolute atomic E-state index is 0.815. The maximum Gasteiger partial charge on any atom is 0.0983 e. The summed E-state index contributed by atoms with van der Waals surface area (Å²) in [5.41, 5.74) is 11.8. The first-order valence-corrected chi connectivity index (χ1v) is 7.82. The van der Waals surface area contributed by atoms with E-state index in [1.54, 1.807) is 0 Å². The van der Waals surface area contributed by atoms with E-state index in [-0.39, 0.29) is 0 Å². The van der Waals surface area contributed by atoms with Crippen molar-refractivity contribution in [3.63, 3.8) is 0 Å². The van der Waals surface area contributed by atoms with Crippen molar-refractivity contribution in [2.75, 3.05) is 12.3 Å². The molecule has 0 radical (unpaired) electrons. The van der Waals surface area contributed by atoms with Crippen LogP contribution in [0.5, 0.6) is 0 Å². The largest absolute Gasteiger partial charge is 0.399 e. The molecule has 0 amide bonds. The van der Waals surface area contributed by atoms with E-state index in [1.807, 2.05) is 23.9 Å². The first-order chi connectivity index (χ1) is 9.72. The first-order valence-electron chi connectivity index (χ1n) is 6.84. The summed E-state index contributed by atoms with van der Waals surface area (Å²) < 4.78 is 0. The third-order valence-electron chi connectivity index (χ3n) is 3.49. The van der Waals surface area contributed by atoms with Crippen LogP contribution >= 0.6 is 11.8 Å². The number of thioether (sulfide) groups is 1. The standard InChI is InChI=1S/C17H18N2S/c1-12-2-5-14-8-9-19-17(16(14)10-12)20-11-13-3-6-15(18)7-4-13/h2-7,10H,8-9,11,18H2,1H3. The molecular weight excluding hydrogens is 264 g/mol. The summed E-state index contributed by atoms with van der Waals surface area (Å²) in [4.78, 5) is 4.70. The van der Waals surface area contributed by atoms with Crippen LogP contribution in [0.15, 0.2) is 47.5 Å². The van der Waals surface area contributed by atoms with Crippen LogP contribution in [-0.2, 0) is 12.2 Å². The zero-order valence-corrected chi connectivity index (χ0v) is 12.4. The van der Waals surface area contributed by atoms with Gasteiger partial charge >= 0.3 is 0 Å². The number of aryl methyl sites for hydroxylation is 1. The molecule has 0 fully saturated rings. The van der Waals surface area contributed by atoms with Gasteiger partial charge in [0.25, 0.3) is 0 Å². The normalized spacial score (nSPS) is 13.8. The highest BCUT2D eigenvalue weighted by Gasteiger charge is 2.14. The lowest BCUT2D eigenvalue weighted by atomic mass is 10.0. The van der Waals surface area contributed by atoms with Crippen molar-refractivity contribution >= 4 is 22.5 Å². The van der Waals surface area contributed by atoms with E-state index < -0.39 is 0 Å². The zero-order valence-electron chi connectivity index (χ0n) is 11.6. The number of hydrogen-bond acceptors (Lipinski definition) is 3. The maximum atomic E-state index is 5.71. The predicted octanol–water partition coefficient (Wildman–Crippen LogP) is 3.81. The van der Waals surface area contributed by atoms with Gasteiger partial charge in [-0.3, -0.25) is 4.99 Å². The summed E-state index contributed by atoms with van der Waals surface area (Å²) in [5, 5.41) is 1.17. The minimum atomic E-state index is 0.815. The second kappa shape index (κ2) is 5.71. The van der Waals surface area contributed by atoms with Gasteiger partial charge in [0.1, 0.15) is 0 Å². The van der Waals surface area contributed by atoms with Gasteiger partial charge in [0.05, 0.1) is 5.04 Å². The number of hydrogen-bond donors (Lipinski definition) is 1. The highest BCUT2D eigenvalue weighted by Crippen LogP contribution is 2.26. The molecule has 2 aromatic rings. The van der Waals surface area contributed by atoms with Gasteiger partial charge in [0.2, 0.25) is 0 Å². The van der Waals surface area contributed by atoms with Crippen LogP contribution in [0.2, 0.25) is 0 Å². The van der Waals surface area contributed by atoms with Crippen molar-refractivity contribution in [3.8, 4) is 0 Å². The van der Waals surface area contributed by atoms with E-state index in [2.05, 4.69) is 37.3 Å². The van der Waals surface area contributed by atoms with Crippen LogP contribution in [0.25, 0.3) is 0 Å². The van der Waals surface area contributed by atoms with Gasteiger partial charge in [-0.05, 0) is 42.7 Å². The molecule has 0 aromatic heterocycles. The minimum Gasteiger partial charge on any atom is -0.399 e. The second-order valence-electron chi connectivity index (χ2n) is 5.13. The summed E-state index contributed by atoms with van der Waals surface area (Å²) in [5.74, 6) is 0.937. The number of aliphatic imine (C=N–C) groups is 1.